The van der Waals surface area contributed by atoms with Crippen molar-refractivity contribution < 1.29 is 49.6 Å². The third-order valence-corrected chi connectivity index (χ3v) is 5.10. The van der Waals surface area contributed by atoms with Crippen molar-refractivity contribution >= 4 is 5.91 Å². The van der Waals surface area contributed by atoms with Crippen molar-refractivity contribution in [3.8, 4) is 0 Å². The van der Waals surface area contributed by atoms with Gasteiger partial charge in [-0.25, -0.2) is 0 Å². The van der Waals surface area contributed by atoms with Gasteiger partial charge in [-0.15, -0.1) is 0 Å². The number of aliphatic hydroxyl groups is 6. The fourth-order valence-corrected chi connectivity index (χ4v) is 3.61. The highest BCUT2D eigenvalue weighted by molar-refractivity contribution is 5.73. The molecule has 2 saturated heterocycles. The molecule has 10 atom stereocenters. The lowest BCUT2D eigenvalue weighted by atomic mass is 9.87. The van der Waals surface area contributed by atoms with Crippen LogP contribution in [0.25, 0.3) is 0 Å². The van der Waals surface area contributed by atoms with E-state index in [0.717, 1.165) is 0 Å². The number of hydrogen-bond donors (Lipinski definition) is 7. The first-order chi connectivity index (χ1) is 13.1. The maximum atomic E-state index is 11.6. The molecule has 0 aliphatic carbocycles. The van der Waals surface area contributed by atoms with Crippen LogP contribution in [0.2, 0.25) is 0 Å². The van der Waals surface area contributed by atoms with Gasteiger partial charge in [-0.1, -0.05) is 13.8 Å². The highest BCUT2D eigenvalue weighted by Crippen LogP contribution is 2.31. The SMILES string of the molecule is CC(=O)NC1[C@H](C(C)C)OC(CO)[C@@H](O[C@@H]2OC(CO)[C@H](O)[C@H](O)C2O)[C@@H]1O. The largest absolute Gasteiger partial charge is 0.394 e. The summed E-state index contributed by atoms with van der Waals surface area (Å²) < 4.78 is 16.7. The molecule has 0 aromatic carbocycles. The fraction of sp³-hybridized carbons (Fsp3) is 0.941. The summed E-state index contributed by atoms with van der Waals surface area (Å²) in [6.45, 7) is 3.80. The molecule has 0 radical (unpaired) electrons. The van der Waals surface area contributed by atoms with E-state index in [1.165, 1.54) is 6.92 Å². The Labute approximate surface area is 162 Å². The molecule has 2 aliphatic heterocycles. The second kappa shape index (κ2) is 9.74. The van der Waals surface area contributed by atoms with Crippen LogP contribution >= 0.6 is 0 Å². The predicted molar refractivity (Wildman–Crippen MR) is 92.8 cm³/mol. The molecule has 7 N–H and O–H groups in total. The predicted octanol–water partition coefficient (Wildman–Crippen LogP) is -3.55. The third kappa shape index (κ3) is 4.81. The van der Waals surface area contributed by atoms with E-state index in [-0.39, 0.29) is 5.92 Å². The van der Waals surface area contributed by atoms with Crippen molar-refractivity contribution in [1.29, 1.82) is 0 Å². The average Bonchev–Trinajstić information content (AvgIpc) is 2.64. The number of nitrogens with one attached hydrogen (secondary N) is 1. The van der Waals surface area contributed by atoms with Crippen LogP contribution in [0.4, 0.5) is 0 Å². The Kier molecular flexibility index (Phi) is 8.14. The summed E-state index contributed by atoms with van der Waals surface area (Å²) in [6.07, 6.45) is -11.7. The molecule has 164 valence electrons. The second-order valence-electron chi connectivity index (χ2n) is 7.58. The molecular weight excluding hydrogens is 378 g/mol. The summed E-state index contributed by atoms with van der Waals surface area (Å²) in [7, 11) is 0. The number of carbonyl (C=O) groups is 1. The van der Waals surface area contributed by atoms with E-state index >= 15 is 0 Å². The first-order valence-corrected chi connectivity index (χ1v) is 9.29. The normalized spacial score (nSPS) is 44.5. The van der Waals surface area contributed by atoms with Crippen LogP contribution in [-0.2, 0) is 19.0 Å². The van der Waals surface area contributed by atoms with Crippen LogP contribution in [0.1, 0.15) is 20.8 Å². The Morgan fingerprint density at radius 1 is 0.964 bits per heavy atom. The number of carbonyl (C=O) groups excluding carboxylic acids is 1. The van der Waals surface area contributed by atoms with Crippen molar-refractivity contribution in [2.24, 2.45) is 5.92 Å². The summed E-state index contributed by atoms with van der Waals surface area (Å²) in [5.74, 6) is -0.499. The van der Waals surface area contributed by atoms with Gasteiger partial charge in [-0.05, 0) is 5.92 Å². The van der Waals surface area contributed by atoms with Gasteiger partial charge in [-0.3, -0.25) is 4.79 Å². The van der Waals surface area contributed by atoms with Crippen LogP contribution in [0, 0.1) is 5.92 Å². The van der Waals surface area contributed by atoms with E-state index in [0.29, 0.717) is 0 Å². The van der Waals surface area contributed by atoms with Crippen molar-refractivity contribution in [3.05, 3.63) is 0 Å². The first kappa shape index (κ1) is 23.4. The summed E-state index contributed by atoms with van der Waals surface area (Å²) in [4.78, 5) is 11.6. The van der Waals surface area contributed by atoms with Crippen LogP contribution in [0.3, 0.4) is 0 Å². The van der Waals surface area contributed by atoms with Gasteiger partial charge >= 0.3 is 0 Å². The number of ether oxygens (including phenoxy) is 3. The number of aliphatic hydroxyl groups excluding tert-OH is 6. The van der Waals surface area contributed by atoms with Crippen molar-refractivity contribution in [3.63, 3.8) is 0 Å². The van der Waals surface area contributed by atoms with Crippen molar-refractivity contribution in [2.45, 2.75) is 81.9 Å². The Bertz CT molecular complexity index is 518. The average molecular weight is 409 g/mol. The lowest BCUT2D eigenvalue weighted by Crippen LogP contribution is -2.68. The molecule has 0 aromatic rings. The van der Waals surface area contributed by atoms with Gasteiger partial charge in [0.05, 0.1) is 25.4 Å². The number of hydrogen-bond acceptors (Lipinski definition) is 10. The molecule has 11 nitrogen and oxygen atoms in total. The minimum atomic E-state index is -1.67. The molecule has 0 spiro atoms. The molecular formula is C17H31NO10. The van der Waals surface area contributed by atoms with Gasteiger partial charge < -0.3 is 50.2 Å². The molecule has 28 heavy (non-hydrogen) atoms. The van der Waals surface area contributed by atoms with Gasteiger partial charge in [0.15, 0.2) is 6.29 Å². The lowest BCUT2D eigenvalue weighted by Gasteiger charge is -2.48. The minimum Gasteiger partial charge on any atom is -0.394 e. The molecule has 2 fully saturated rings. The Morgan fingerprint density at radius 3 is 2.07 bits per heavy atom. The molecule has 2 aliphatic rings. The monoisotopic (exact) mass is 409 g/mol. The van der Waals surface area contributed by atoms with E-state index in [1.807, 2.05) is 13.8 Å². The maximum absolute atomic E-state index is 11.6. The van der Waals surface area contributed by atoms with Crippen molar-refractivity contribution in [1.82, 2.24) is 5.32 Å². The Hall–Kier alpha value is -0.890. The van der Waals surface area contributed by atoms with E-state index in [4.69, 9.17) is 14.2 Å². The van der Waals surface area contributed by atoms with E-state index in [2.05, 4.69) is 5.32 Å². The van der Waals surface area contributed by atoms with E-state index in [1.54, 1.807) is 0 Å². The molecule has 11 heteroatoms. The maximum Gasteiger partial charge on any atom is 0.217 e. The Morgan fingerprint density at radius 2 is 1.57 bits per heavy atom. The molecule has 2 heterocycles. The van der Waals surface area contributed by atoms with Gasteiger partial charge in [0.1, 0.15) is 42.7 Å². The number of amides is 1. The smallest absolute Gasteiger partial charge is 0.217 e. The second-order valence-corrected chi connectivity index (χ2v) is 7.58. The first-order valence-electron chi connectivity index (χ1n) is 9.29. The molecule has 2 rings (SSSR count). The van der Waals surface area contributed by atoms with Crippen LogP contribution in [-0.4, -0.2) is 111 Å². The minimum absolute atomic E-state index is 0.103. The molecule has 0 bridgehead atoms. The molecule has 1 amide bonds. The van der Waals surface area contributed by atoms with Gasteiger partial charge in [0.2, 0.25) is 5.91 Å². The van der Waals surface area contributed by atoms with Crippen LogP contribution in [0.5, 0.6) is 0 Å². The highest BCUT2D eigenvalue weighted by Gasteiger charge is 2.51. The summed E-state index contributed by atoms with van der Waals surface area (Å²) in [5.41, 5.74) is 0. The quantitative estimate of drug-likeness (QED) is 0.232. The van der Waals surface area contributed by atoms with Gasteiger partial charge in [0, 0.05) is 6.92 Å². The zero-order valence-corrected chi connectivity index (χ0v) is 16.1. The van der Waals surface area contributed by atoms with E-state index < -0.39 is 80.3 Å². The summed E-state index contributed by atoms with van der Waals surface area (Å²) in [5, 5.41) is 62.3. The lowest BCUT2D eigenvalue weighted by molar-refractivity contribution is -0.337. The molecule has 4 unspecified atom stereocenters. The summed E-state index contributed by atoms with van der Waals surface area (Å²) >= 11 is 0. The van der Waals surface area contributed by atoms with Crippen molar-refractivity contribution in [2.75, 3.05) is 13.2 Å². The van der Waals surface area contributed by atoms with E-state index in [9.17, 15) is 35.4 Å². The third-order valence-electron chi connectivity index (χ3n) is 5.10. The molecule has 0 saturated carbocycles. The summed E-state index contributed by atoms with van der Waals surface area (Å²) in [6, 6.07) is -0.852. The topological polar surface area (TPSA) is 178 Å². The standard InChI is InChI=1S/C17H31NO10/c1-6(2)15-10(18-7(3)21)12(23)16(9(5-20)26-15)28-17-14(25)13(24)11(22)8(4-19)27-17/h6,8-17,19-20,22-25H,4-5H2,1-3H3,(H,18,21)/t8?,9?,10?,11-,12+,13-,14?,15-,16+,17-/m0/s1. The molecule has 0 aromatic heterocycles. The number of rotatable bonds is 6. The Balaban J connectivity index is 2.22. The van der Waals surface area contributed by atoms with Crippen LogP contribution in [0.15, 0.2) is 0 Å². The fourth-order valence-electron chi connectivity index (χ4n) is 3.61. The van der Waals surface area contributed by atoms with Gasteiger partial charge in [-0.2, -0.15) is 0 Å². The van der Waals surface area contributed by atoms with Crippen LogP contribution < -0.4 is 5.32 Å². The zero-order valence-electron chi connectivity index (χ0n) is 16.1. The highest BCUT2D eigenvalue weighted by atomic mass is 16.7. The van der Waals surface area contributed by atoms with Gasteiger partial charge in [0.25, 0.3) is 0 Å². The zero-order chi connectivity index (χ0) is 21.2.